The molecule has 0 aliphatic carbocycles. The first kappa shape index (κ1) is 55.2. The van der Waals surface area contributed by atoms with E-state index in [0.29, 0.717) is 55.4 Å². The third-order valence-electron chi connectivity index (χ3n) is 14.8. The Morgan fingerprint density at radius 3 is 2.41 bits per heavy atom. The molecule has 0 spiro atoms. The van der Waals surface area contributed by atoms with Crippen molar-refractivity contribution in [2.75, 3.05) is 45.8 Å². The molecule has 5 heterocycles. The third kappa shape index (κ3) is 12.9. The summed E-state index contributed by atoms with van der Waals surface area (Å²) >= 11 is 1.30. The van der Waals surface area contributed by atoms with E-state index in [1.165, 1.54) is 25.4 Å². The summed E-state index contributed by atoms with van der Waals surface area (Å²) in [6, 6.07) is 6.61. The largest absolute Gasteiger partial charge is 0.481 e. The van der Waals surface area contributed by atoms with Crippen molar-refractivity contribution in [1.29, 1.82) is 0 Å². The van der Waals surface area contributed by atoms with Gasteiger partial charge in [0.15, 0.2) is 17.2 Å². The number of carbonyl (C=O) groups is 3. The number of aromatic nitrogens is 7. The van der Waals surface area contributed by atoms with Crippen molar-refractivity contribution in [3.05, 3.63) is 42.9 Å². The van der Waals surface area contributed by atoms with E-state index in [2.05, 4.69) is 58.6 Å². The molecule has 2 aliphatic heterocycles. The fourth-order valence-corrected chi connectivity index (χ4v) is 10.9. The highest BCUT2D eigenvalue weighted by molar-refractivity contribution is 7.18. The second-order valence-corrected chi connectivity index (χ2v) is 21.4. The van der Waals surface area contributed by atoms with Gasteiger partial charge in [0, 0.05) is 55.6 Å². The van der Waals surface area contributed by atoms with Crippen LogP contribution in [-0.2, 0) is 41.6 Å². The van der Waals surface area contributed by atoms with E-state index in [0.717, 1.165) is 29.0 Å². The van der Waals surface area contributed by atoms with E-state index in [9.17, 15) is 24.6 Å². The first-order valence-electron chi connectivity index (χ1n) is 24.7. The summed E-state index contributed by atoms with van der Waals surface area (Å²) < 4.78 is 29.4. The average Bonchev–Trinajstić information content (AvgIpc) is 4.15. The summed E-state index contributed by atoms with van der Waals surface area (Å²) in [5.74, 6) is -4.18. The first-order valence-corrected chi connectivity index (χ1v) is 25.5. The number of aliphatic hydroxyl groups excluding tert-OH is 1. The molecule has 22 heteroatoms. The minimum atomic E-state index is -1.33. The summed E-state index contributed by atoms with van der Waals surface area (Å²) in [6.45, 7) is 17.1. The second-order valence-electron chi connectivity index (χ2n) is 20.3. The number of likely N-dealkylation sites (N-methyl/N-ethyl adjacent to an activating group) is 1. The predicted octanol–water partition coefficient (Wildman–Crippen LogP) is 5.06. The topological polar surface area (TPSA) is 273 Å². The lowest BCUT2D eigenvalue weighted by atomic mass is 9.78. The minimum absolute atomic E-state index is 0.0620. The van der Waals surface area contributed by atoms with Crippen molar-refractivity contribution in [2.45, 2.75) is 155 Å². The number of aryl methyl sites for hydroxylation is 1. The zero-order valence-electron chi connectivity index (χ0n) is 43.1. The number of cyclic esters (lactones) is 1. The van der Waals surface area contributed by atoms with E-state index < -0.39 is 65.4 Å². The molecule has 4 aromatic rings. The van der Waals surface area contributed by atoms with Crippen LogP contribution in [0.2, 0.25) is 0 Å². The number of aliphatic carboxylic acids is 1. The zero-order valence-corrected chi connectivity index (χ0v) is 43.9. The summed E-state index contributed by atoms with van der Waals surface area (Å²) in [7, 11) is 5.26. The normalized spacial score (nSPS) is 25.1. The number of carbonyl (C=O) groups excluding carboxylic acids is 2. The van der Waals surface area contributed by atoms with E-state index in [-0.39, 0.29) is 36.6 Å². The Morgan fingerprint density at radius 1 is 1.07 bits per heavy atom. The van der Waals surface area contributed by atoms with Gasteiger partial charge in [0.1, 0.15) is 29.0 Å². The molecule has 6 rings (SSSR count). The molecule has 0 bridgehead atoms. The number of hydrogen-bond acceptors (Lipinski definition) is 18. The number of nitrogens with zero attached hydrogens (tertiary/aromatic N) is 9. The van der Waals surface area contributed by atoms with E-state index in [1.54, 1.807) is 28.7 Å². The van der Waals surface area contributed by atoms with Crippen LogP contribution in [0.1, 0.15) is 87.5 Å². The average molecular weight is 1010 g/mol. The van der Waals surface area contributed by atoms with Crippen molar-refractivity contribution in [3.8, 4) is 21.8 Å². The molecule has 2 fully saturated rings. The maximum Gasteiger partial charge on any atom is 0.410 e. The second kappa shape index (κ2) is 23.6. The van der Waals surface area contributed by atoms with Gasteiger partial charge in [-0.05, 0) is 104 Å². The van der Waals surface area contributed by atoms with Gasteiger partial charge < -0.3 is 50.8 Å². The first-order chi connectivity index (χ1) is 33.6. The van der Waals surface area contributed by atoms with Crippen molar-refractivity contribution < 1.29 is 43.5 Å². The molecule has 3 aromatic heterocycles. The summed E-state index contributed by atoms with van der Waals surface area (Å²) in [5, 5.41) is 43.2. The van der Waals surface area contributed by atoms with Crippen LogP contribution < -0.4 is 16.8 Å². The zero-order chi connectivity index (χ0) is 51.9. The Bertz CT molecular complexity index is 2400. The summed E-state index contributed by atoms with van der Waals surface area (Å²) in [4.78, 5) is 48.5. The third-order valence-corrected chi connectivity index (χ3v) is 15.6. The number of amides is 1. The number of rotatable bonds is 26. The van der Waals surface area contributed by atoms with E-state index in [1.807, 2.05) is 68.2 Å². The number of ether oxygens (including phenoxy) is 4. The standard InChI is InChI=1S/C49H76N12O9S/c1-12-29(3)49(8)42(61(47(66)70-49)19-14-13-18-59-26-36(54-56-59)33-16-15-17-34(50)20-33)32(6)52-23-28(2)22-48(7,67-11)43(30(4)40(62)31(5)44(64)65)69-45-41(63)38(58(9)10)21-35(68-45)25-60-27-37(55-57-60)39-24-53-46(51)71-39/h15-17,20,24,26-32,35,38,41-43,45,52,63H,12-14,18-19,21-23,25,50H2,1-11H3,(H2,51,53)(H,64,65)/t28-,29-,30+,31-,32-,35?,38?,41?,42-,43-,45+,48-,49-/m1/s1. The molecule has 2 saturated heterocycles. The van der Waals surface area contributed by atoms with Gasteiger partial charge >= 0.3 is 12.1 Å². The van der Waals surface area contributed by atoms with Crippen LogP contribution in [0, 0.1) is 23.7 Å². The lowest BCUT2D eigenvalue weighted by Crippen LogP contribution is -2.60. The summed E-state index contributed by atoms with van der Waals surface area (Å²) in [6.07, 6.45) is 4.08. The molecule has 0 saturated carbocycles. The van der Waals surface area contributed by atoms with Gasteiger partial charge in [0.25, 0.3) is 0 Å². The van der Waals surface area contributed by atoms with E-state index in [4.69, 9.17) is 30.4 Å². The molecule has 13 atom stereocenters. The number of ketones is 1. The van der Waals surface area contributed by atoms with Crippen LogP contribution in [-0.4, -0.2) is 161 Å². The number of nitrogen functional groups attached to an aromatic ring is 2. The SMILES string of the molecule is CC[C@@H](C)[C@@]1(C)OC(=O)N(CCCCn2cc(-c3cccc(N)c3)nn2)[C@@H]1[C@@H](C)NC[C@H](C)C[C@@](C)(OC)[C@H](O[C@@H]1OC(Cn2cc(-c3cnc(N)s3)nn2)CC(N(C)C)C1O)[C@@H](C)C(=O)[C@@H](C)C(=O)O. The maximum absolute atomic E-state index is 14.0. The number of thiazole rings is 1. The molecule has 0 radical (unpaired) electrons. The van der Waals surface area contributed by atoms with Crippen molar-refractivity contribution >= 4 is 40.0 Å². The van der Waals surface area contributed by atoms with Crippen LogP contribution in [0.15, 0.2) is 42.9 Å². The Morgan fingerprint density at radius 2 is 1.76 bits per heavy atom. The van der Waals surface area contributed by atoms with Crippen molar-refractivity contribution in [1.82, 2.24) is 50.1 Å². The van der Waals surface area contributed by atoms with Crippen LogP contribution in [0.4, 0.5) is 15.6 Å². The quantitative estimate of drug-likeness (QED) is 0.0312. The van der Waals surface area contributed by atoms with E-state index >= 15 is 0 Å². The minimum Gasteiger partial charge on any atom is -0.481 e. The number of Topliss-reactive ketones (excluding diaryl/α,β-unsaturated/α-hetero) is 1. The highest BCUT2D eigenvalue weighted by atomic mass is 32.1. The molecule has 3 unspecified atom stereocenters. The van der Waals surface area contributed by atoms with Crippen molar-refractivity contribution in [3.63, 3.8) is 0 Å². The number of nitrogens with one attached hydrogen (secondary N) is 1. The molecule has 1 amide bonds. The molecule has 392 valence electrons. The molecule has 1 aromatic carbocycles. The van der Waals surface area contributed by atoms with Crippen molar-refractivity contribution in [2.24, 2.45) is 23.7 Å². The number of aliphatic hydroxyl groups is 1. The number of benzene rings is 1. The maximum atomic E-state index is 14.0. The number of carboxylic acids is 1. The van der Waals surface area contributed by atoms with Crippen LogP contribution in [0.25, 0.3) is 21.8 Å². The van der Waals surface area contributed by atoms with Gasteiger partial charge in [0.2, 0.25) is 0 Å². The number of unbranched alkanes of at least 4 members (excludes halogenated alkanes) is 1. The van der Waals surface area contributed by atoms with Crippen LogP contribution in [0.3, 0.4) is 0 Å². The molecule has 71 heavy (non-hydrogen) atoms. The number of methoxy groups -OCH3 is 1. The smallest absolute Gasteiger partial charge is 0.410 e. The fourth-order valence-electron chi connectivity index (χ4n) is 10.3. The molecule has 7 N–H and O–H groups in total. The van der Waals surface area contributed by atoms with Crippen LogP contribution in [0.5, 0.6) is 0 Å². The Kier molecular flexibility index (Phi) is 18.4. The molecule has 2 aliphatic rings. The Labute approximate surface area is 420 Å². The fraction of sp³-hybridized carbons (Fsp3) is 0.673. The highest BCUT2D eigenvalue weighted by Gasteiger charge is 2.55. The molecular weight excluding hydrogens is 933 g/mol. The van der Waals surface area contributed by atoms with Gasteiger partial charge in [0.05, 0.1) is 47.7 Å². The number of carboxylic acid groups (broad SMARTS) is 1. The Balaban J connectivity index is 1.16. The van der Waals surface area contributed by atoms with Gasteiger partial charge in [-0.2, -0.15) is 0 Å². The Hall–Kier alpha value is -5.10. The molecular formula is C49H76N12O9S. The number of anilines is 2. The van der Waals surface area contributed by atoms with Gasteiger partial charge in [-0.3, -0.25) is 19.2 Å². The number of hydrogen-bond donors (Lipinski definition) is 5. The van der Waals surface area contributed by atoms with Gasteiger partial charge in [-0.25, -0.2) is 14.5 Å². The monoisotopic (exact) mass is 1010 g/mol. The van der Waals surface area contributed by atoms with Gasteiger partial charge in [-0.15, -0.1) is 10.2 Å². The summed E-state index contributed by atoms with van der Waals surface area (Å²) in [5.41, 5.74) is 12.8. The van der Waals surface area contributed by atoms with Gasteiger partial charge in [-0.1, -0.05) is 61.6 Å². The lowest BCUT2D eigenvalue weighted by molar-refractivity contribution is -0.299. The number of nitrogens with two attached hydrogens (primary N) is 2. The van der Waals surface area contributed by atoms with Crippen LogP contribution >= 0.6 is 11.3 Å². The lowest BCUT2D eigenvalue weighted by Gasteiger charge is -2.47. The predicted molar refractivity (Wildman–Crippen MR) is 269 cm³/mol. The highest BCUT2D eigenvalue weighted by Crippen LogP contribution is 2.40. The molecule has 21 nitrogen and oxygen atoms in total.